The van der Waals surface area contributed by atoms with Gasteiger partial charge < -0.3 is 20.8 Å². The van der Waals surface area contributed by atoms with E-state index in [-0.39, 0.29) is 11.4 Å². The third-order valence-corrected chi connectivity index (χ3v) is 2.87. The van der Waals surface area contributed by atoms with Gasteiger partial charge in [-0.1, -0.05) is 30.0 Å². The number of pyridine rings is 1. The Balaban J connectivity index is 1.96. The minimum absolute atomic E-state index is 0.246. The lowest BCUT2D eigenvalue weighted by atomic mass is 10.2. The van der Waals surface area contributed by atoms with Crippen molar-refractivity contribution in [2.45, 2.75) is 0 Å². The number of aliphatic carboxylic acids is 1. The predicted octanol–water partition coefficient (Wildman–Crippen LogP) is 1.07. The van der Waals surface area contributed by atoms with E-state index in [0.29, 0.717) is 12.1 Å². The maximum atomic E-state index is 11.7. The zero-order chi connectivity index (χ0) is 17.4. The first-order valence-electron chi connectivity index (χ1n) is 7.03. The Hall–Kier alpha value is -3.53. The summed E-state index contributed by atoms with van der Waals surface area (Å²) < 4.78 is 0. The van der Waals surface area contributed by atoms with Crippen molar-refractivity contribution in [1.29, 1.82) is 0 Å². The molecule has 24 heavy (non-hydrogen) atoms. The Morgan fingerprint density at radius 2 is 1.96 bits per heavy atom. The van der Waals surface area contributed by atoms with Crippen LogP contribution in [0.2, 0.25) is 0 Å². The summed E-state index contributed by atoms with van der Waals surface area (Å²) in [4.78, 5) is 25.9. The lowest BCUT2D eigenvalue weighted by molar-refractivity contribution is -0.135. The molecule has 0 spiro atoms. The molecule has 1 aromatic carbocycles. The van der Waals surface area contributed by atoms with Crippen LogP contribution in [0.5, 0.6) is 5.75 Å². The number of carbonyl (C=O) groups excluding carboxylic acids is 1. The van der Waals surface area contributed by atoms with Gasteiger partial charge in [0.1, 0.15) is 12.3 Å². The standard InChI is InChI=1S/C17H15N3O4/c21-14-9-12(5-4-8-18-13-6-2-1-3-7-13)10-19-16(14)17(24)20-11-15(22)23/h1-3,6-7,9-10,18,21H,8,11H2,(H,20,24)(H,22,23). The maximum Gasteiger partial charge on any atom is 0.322 e. The molecule has 0 saturated heterocycles. The molecule has 1 aromatic heterocycles. The van der Waals surface area contributed by atoms with Gasteiger partial charge in [0.05, 0.1) is 6.54 Å². The molecule has 1 heterocycles. The van der Waals surface area contributed by atoms with Crippen molar-refractivity contribution < 1.29 is 19.8 Å². The van der Waals surface area contributed by atoms with Gasteiger partial charge in [0.2, 0.25) is 0 Å². The fraction of sp³-hybridized carbons (Fsp3) is 0.118. The van der Waals surface area contributed by atoms with Crippen LogP contribution in [0.15, 0.2) is 42.6 Å². The van der Waals surface area contributed by atoms with Crippen LogP contribution in [-0.4, -0.2) is 40.2 Å². The molecular formula is C17H15N3O4. The maximum absolute atomic E-state index is 11.7. The third kappa shape index (κ3) is 5.03. The molecule has 7 heteroatoms. The number of nitrogens with zero attached hydrogens (tertiary/aromatic N) is 1. The number of carbonyl (C=O) groups is 2. The molecule has 0 saturated carbocycles. The van der Waals surface area contributed by atoms with E-state index in [1.54, 1.807) is 0 Å². The number of carboxylic acid groups (broad SMARTS) is 1. The molecule has 0 unspecified atom stereocenters. The molecular weight excluding hydrogens is 310 g/mol. The number of amides is 1. The van der Waals surface area contributed by atoms with Gasteiger partial charge in [0.15, 0.2) is 5.69 Å². The molecule has 0 aliphatic carbocycles. The van der Waals surface area contributed by atoms with Gasteiger partial charge in [-0.05, 0) is 18.2 Å². The van der Waals surface area contributed by atoms with E-state index in [1.165, 1.54) is 12.3 Å². The van der Waals surface area contributed by atoms with Crippen molar-refractivity contribution in [1.82, 2.24) is 10.3 Å². The van der Waals surface area contributed by atoms with E-state index in [4.69, 9.17) is 5.11 Å². The zero-order valence-corrected chi connectivity index (χ0v) is 12.6. The first-order valence-corrected chi connectivity index (χ1v) is 7.03. The summed E-state index contributed by atoms with van der Waals surface area (Å²) in [5.74, 6) is 3.38. The van der Waals surface area contributed by atoms with Gasteiger partial charge in [-0.2, -0.15) is 0 Å². The average molecular weight is 325 g/mol. The average Bonchev–Trinajstić information content (AvgIpc) is 2.57. The highest BCUT2D eigenvalue weighted by Gasteiger charge is 2.13. The molecule has 0 aliphatic rings. The second kappa shape index (κ2) is 8.19. The van der Waals surface area contributed by atoms with E-state index in [1.807, 2.05) is 30.3 Å². The third-order valence-electron chi connectivity index (χ3n) is 2.87. The van der Waals surface area contributed by atoms with Crippen LogP contribution in [0.25, 0.3) is 0 Å². The normalized spacial score (nSPS) is 9.50. The summed E-state index contributed by atoms with van der Waals surface area (Å²) in [5, 5.41) is 23.5. The molecule has 1 amide bonds. The molecule has 7 nitrogen and oxygen atoms in total. The lowest BCUT2D eigenvalue weighted by Gasteiger charge is -2.04. The first-order chi connectivity index (χ1) is 11.6. The Labute approximate surface area is 138 Å². The van der Waals surface area contributed by atoms with E-state index < -0.39 is 18.4 Å². The zero-order valence-electron chi connectivity index (χ0n) is 12.6. The number of rotatable bonds is 5. The Morgan fingerprint density at radius 3 is 2.62 bits per heavy atom. The highest BCUT2D eigenvalue weighted by molar-refractivity contribution is 5.96. The monoisotopic (exact) mass is 325 g/mol. The molecule has 4 N–H and O–H groups in total. The number of hydrogen-bond donors (Lipinski definition) is 4. The van der Waals surface area contributed by atoms with Crippen molar-refractivity contribution >= 4 is 17.6 Å². The summed E-state index contributed by atoms with van der Waals surface area (Å²) in [6.07, 6.45) is 1.34. The number of carboxylic acids is 1. The Morgan fingerprint density at radius 1 is 1.21 bits per heavy atom. The number of aromatic nitrogens is 1. The molecule has 0 fully saturated rings. The van der Waals surface area contributed by atoms with Gasteiger partial charge in [-0.25, -0.2) is 4.98 Å². The highest BCUT2D eigenvalue weighted by atomic mass is 16.4. The van der Waals surface area contributed by atoms with Crippen molar-refractivity contribution in [2.75, 3.05) is 18.4 Å². The van der Waals surface area contributed by atoms with Crippen LogP contribution < -0.4 is 10.6 Å². The topological polar surface area (TPSA) is 112 Å². The Bertz CT molecular complexity index is 794. The predicted molar refractivity (Wildman–Crippen MR) is 87.7 cm³/mol. The fourth-order valence-corrected chi connectivity index (χ4v) is 1.78. The molecule has 0 bridgehead atoms. The van der Waals surface area contributed by atoms with Crippen molar-refractivity contribution in [3.8, 4) is 17.6 Å². The quantitative estimate of drug-likeness (QED) is 0.612. The SMILES string of the molecule is O=C(O)CNC(=O)c1ncc(C#CCNc2ccccc2)cc1O. The van der Waals surface area contributed by atoms with Crippen molar-refractivity contribution in [3.05, 3.63) is 53.9 Å². The summed E-state index contributed by atoms with van der Waals surface area (Å²) in [5.41, 5.74) is 1.14. The van der Waals surface area contributed by atoms with E-state index in [9.17, 15) is 14.7 Å². The first kappa shape index (κ1) is 16.8. The van der Waals surface area contributed by atoms with Crippen LogP contribution in [0.4, 0.5) is 5.69 Å². The number of nitrogens with one attached hydrogen (secondary N) is 2. The number of anilines is 1. The van der Waals surface area contributed by atoms with Crippen LogP contribution >= 0.6 is 0 Å². The summed E-state index contributed by atoms with van der Waals surface area (Å²) in [6.45, 7) is -0.141. The Kier molecular flexibility index (Phi) is 5.75. The minimum Gasteiger partial charge on any atom is -0.505 e. The molecule has 0 atom stereocenters. The van der Waals surface area contributed by atoms with Gasteiger partial charge in [0, 0.05) is 17.4 Å². The van der Waals surface area contributed by atoms with E-state index in [2.05, 4.69) is 27.5 Å². The molecule has 122 valence electrons. The van der Waals surface area contributed by atoms with E-state index >= 15 is 0 Å². The number of benzene rings is 1. The van der Waals surface area contributed by atoms with Crippen LogP contribution in [0.1, 0.15) is 16.1 Å². The highest BCUT2D eigenvalue weighted by Crippen LogP contribution is 2.15. The van der Waals surface area contributed by atoms with Gasteiger partial charge in [0.25, 0.3) is 5.91 Å². The van der Waals surface area contributed by atoms with Crippen LogP contribution in [0.3, 0.4) is 0 Å². The lowest BCUT2D eigenvalue weighted by Crippen LogP contribution is -2.29. The van der Waals surface area contributed by atoms with Crippen molar-refractivity contribution in [2.24, 2.45) is 0 Å². The minimum atomic E-state index is -1.18. The smallest absolute Gasteiger partial charge is 0.322 e. The molecule has 2 rings (SSSR count). The van der Waals surface area contributed by atoms with Gasteiger partial charge in [-0.3, -0.25) is 9.59 Å². The second-order valence-corrected chi connectivity index (χ2v) is 4.69. The molecule has 2 aromatic rings. The van der Waals surface area contributed by atoms with Crippen molar-refractivity contribution in [3.63, 3.8) is 0 Å². The van der Waals surface area contributed by atoms with Crippen LogP contribution in [-0.2, 0) is 4.79 Å². The number of para-hydroxylation sites is 1. The fourth-order valence-electron chi connectivity index (χ4n) is 1.78. The summed E-state index contributed by atoms with van der Waals surface area (Å²) >= 11 is 0. The van der Waals surface area contributed by atoms with E-state index in [0.717, 1.165) is 5.69 Å². The van der Waals surface area contributed by atoms with Gasteiger partial charge in [-0.15, -0.1) is 0 Å². The number of aromatic hydroxyl groups is 1. The van der Waals surface area contributed by atoms with Gasteiger partial charge >= 0.3 is 5.97 Å². The number of hydrogen-bond acceptors (Lipinski definition) is 5. The van der Waals surface area contributed by atoms with Crippen LogP contribution in [0, 0.1) is 11.8 Å². The second-order valence-electron chi connectivity index (χ2n) is 4.69. The largest absolute Gasteiger partial charge is 0.505 e. The summed E-state index contributed by atoms with van der Waals surface area (Å²) in [7, 11) is 0. The molecule has 0 radical (unpaired) electrons. The summed E-state index contributed by atoms with van der Waals surface area (Å²) in [6, 6.07) is 10.9. The molecule has 0 aliphatic heterocycles.